The van der Waals surface area contributed by atoms with E-state index in [-0.39, 0.29) is 24.0 Å². The van der Waals surface area contributed by atoms with Gasteiger partial charge in [0.1, 0.15) is 58.4 Å². The molecule has 0 spiro atoms. The summed E-state index contributed by atoms with van der Waals surface area (Å²) in [6, 6.07) is 17.0. The summed E-state index contributed by atoms with van der Waals surface area (Å²) >= 11 is 0. The van der Waals surface area contributed by atoms with Crippen LogP contribution in [-0.2, 0) is 6.54 Å². The van der Waals surface area contributed by atoms with Crippen molar-refractivity contribution in [1.82, 2.24) is 0 Å². The minimum absolute atomic E-state index is 0.0115. The zero-order valence-electron chi connectivity index (χ0n) is 31.4. The Bertz CT molecular complexity index is 2790. The Kier molecular flexibility index (Phi) is 12.8. The molecule has 25 heteroatoms. The molecule has 0 amide bonds. The molecule has 0 aliphatic rings. The van der Waals surface area contributed by atoms with E-state index in [1.807, 2.05) is 6.07 Å². The number of phenols is 1. The number of halogens is 20. The number of aromatic hydroxyl groups is 2. The number of carbonyl (C=O) groups is 1. The summed E-state index contributed by atoms with van der Waals surface area (Å²) in [7, 11) is 0. The fourth-order valence-electron chi connectivity index (χ4n) is 7.20. The third kappa shape index (κ3) is 7.34. The minimum atomic E-state index is -7.22. The number of rotatable bonds is 7. The van der Waals surface area contributed by atoms with Gasteiger partial charge in [0, 0.05) is 11.6 Å². The Balaban J connectivity index is 0.000000284. The van der Waals surface area contributed by atoms with Crippen molar-refractivity contribution in [1.29, 1.82) is 0 Å². The van der Waals surface area contributed by atoms with E-state index in [1.54, 1.807) is 42.5 Å². The number of ketones is 1. The summed E-state index contributed by atoms with van der Waals surface area (Å²) in [6.07, 6.45) is -7.22. The monoisotopic (exact) mass is 959 g/mol. The molecule has 1 aromatic heterocycles. The highest BCUT2D eigenvalue weighted by Crippen LogP contribution is 2.31. The Morgan fingerprint density at radius 3 is 1.02 bits per heavy atom. The van der Waals surface area contributed by atoms with E-state index in [0.29, 0.717) is 11.1 Å². The van der Waals surface area contributed by atoms with Gasteiger partial charge in [-0.1, -0.05) is 30.3 Å². The van der Waals surface area contributed by atoms with Crippen LogP contribution in [0.25, 0.3) is 10.9 Å². The van der Waals surface area contributed by atoms with E-state index in [0.717, 1.165) is 5.39 Å². The number of aromatic nitrogens is 1. The highest BCUT2D eigenvalue weighted by atomic mass is 19.2. The second kappa shape index (κ2) is 17.6. The van der Waals surface area contributed by atoms with Gasteiger partial charge in [-0.25, -0.2) is 87.8 Å². The van der Waals surface area contributed by atoms with Crippen molar-refractivity contribution in [2.24, 2.45) is 0 Å². The number of phenolic OH excluding ortho intramolecular Hbond substituents is 1. The lowest BCUT2D eigenvalue weighted by Crippen LogP contribution is -2.81. The molecule has 0 unspecified atom stereocenters. The summed E-state index contributed by atoms with van der Waals surface area (Å²) in [6.45, 7) is 0.0396. The molecule has 7 aromatic rings. The Morgan fingerprint density at radius 2 is 0.697 bits per heavy atom. The molecule has 0 bridgehead atoms. The number of hydrogen-bond donors (Lipinski definition) is 2. The van der Waals surface area contributed by atoms with E-state index >= 15 is 35.1 Å². The third-order valence-corrected chi connectivity index (χ3v) is 10.1. The van der Waals surface area contributed by atoms with Gasteiger partial charge in [0.25, 0.3) is 0 Å². The number of carbonyl (C=O) groups excluding carboxylic acids is 1. The first-order chi connectivity index (χ1) is 30.8. The standard InChI is InChI=1S/C24BF20.C17H13NO3/c26-5-1(6(27)14(35)21(42)13(5)34)25(2-7(28)15(36)22(43)16(37)8(2)29,3-9(30)17(38)23(44)18(39)10(3)31)4-11(32)19(40)24(45)20(41)12(4)33;19-14-7-8-15-13(10-14)6-9-17(21)18(15)11-16(20)12-4-2-1-3-5-12/h;1-10,19H,11H2/q-1;/p+1. The van der Waals surface area contributed by atoms with Crippen LogP contribution in [0.1, 0.15) is 10.4 Å². The number of fused-ring (bicyclic) bond motifs is 1. The molecular formula is C41H14BF20NO3. The molecule has 7 rings (SSSR count). The van der Waals surface area contributed by atoms with Crippen molar-refractivity contribution in [2.75, 3.05) is 0 Å². The first kappa shape index (κ1) is 48.1. The van der Waals surface area contributed by atoms with Crippen molar-refractivity contribution in [3.8, 4) is 11.6 Å². The molecule has 0 saturated carbocycles. The smallest absolute Gasteiger partial charge is 0.366 e. The van der Waals surface area contributed by atoms with E-state index < -0.39 is 144 Å². The predicted octanol–water partition coefficient (Wildman–Crippen LogP) is 8.27. The molecule has 1 heterocycles. The van der Waals surface area contributed by atoms with Crippen LogP contribution in [-0.4, -0.2) is 22.1 Å². The topological polar surface area (TPSA) is 61.4 Å². The average Bonchev–Trinajstić information content (AvgIpc) is 3.30. The fourth-order valence-corrected chi connectivity index (χ4v) is 7.20. The molecule has 0 aliphatic heterocycles. The number of Topliss-reactive ketones (excluding diaryl/α,β-unsaturated/α-hetero) is 1. The maximum Gasteiger partial charge on any atom is 0.366 e. The summed E-state index contributed by atoms with van der Waals surface area (Å²) < 4.78 is 295. The van der Waals surface area contributed by atoms with Crippen LogP contribution in [0.4, 0.5) is 87.8 Å². The lowest BCUT2D eigenvalue weighted by molar-refractivity contribution is -0.663. The normalized spacial score (nSPS) is 11.6. The van der Waals surface area contributed by atoms with Crippen molar-refractivity contribution in [2.45, 2.75) is 6.54 Å². The van der Waals surface area contributed by atoms with Gasteiger partial charge in [-0.15, -0.1) is 21.9 Å². The summed E-state index contributed by atoms with van der Waals surface area (Å²) in [5, 5.41) is 20.3. The quantitative estimate of drug-likeness (QED) is 0.0423. The highest BCUT2D eigenvalue weighted by Gasteiger charge is 2.52. The van der Waals surface area contributed by atoms with Crippen LogP contribution in [0, 0.1) is 116 Å². The van der Waals surface area contributed by atoms with Gasteiger partial charge >= 0.3 is 5.88 Å². The van der Waals surface area contributed by atoms with E-state index in [2.05, 4.69) is 0 Å². The Hall–Kier alpha value is -7.34. The molecule has 4 nitrogen and oxygen atoms in total. The van der Waals surface area contributed by atoms with Gasteiger partial charge in [0.2, 0.25) is 17.8 Å². The molecule has 0 saturated heterocycles. The largest absolute Gasteiger partial charge is 0.508 e. The van der Waals surface area contributed by atoms with Crippen molar-refractivity contribution < 1.29 is 107 Å². The van der Waals surface area contributed by atoms with Gasteiger partial charge in [0.05, 0.1) is 11.5 Å². The van der Waals surface area contributed by atoms with Crippen molar-refractivity contribution in [3.63, 3.8) is 0 Å². The summed E-state index contributed by atoms with van der Waals surface area (Å²) in [4.78, 5) is 12.3. The van der Waals surface area contributed by atoms with Gasteiger partial charge in [0.15, 0.2) is 69.8 Å². The first-order valence-corrected chi connectivity index (χ1v) is 17.5. The van der Waals surface area contributed by atoms with E-state index in [4.69, 9.17) is 0 Å². The van der Waals surface area contributed by atoms with Crippen molar-refractivity contribution >= 4 is 44.7 Å². The van der Waals surface area contributed by atoms with Gasteiger partial charge in [-0.2, -0.15) is 4.57 Å². The van der Waals surface area contributed by atoms with Crippen LogP contribution in [0.2, 0.25) is 0 Å². The average molecular weight is 959 g/mol. The van der Waals surface area contributed by atoms with Crippen LogP contribution >= 0.6 is 0 Å². The lowest BCUT2D eigenvalue weighted by Gasteiger charge is -2.44. The number of nitrogens with zero attached hydrogens (tertiary/aromatic N) is 1. The van der Waals surface area contributed by atoms with Gasteiger partial charge < -0.3 is 10.2 Å². The zero-order valence-corrected chi connectivity index (χ0v) is 31.4. The number of pyridine rings is 1. The van der Waals surface area contributed by atoms with Crippen LogP contribution in [0.3, 0.4) is 0 Å². The molecule has 66 heavy (non-hydrogen) atoms. The fraction of sp³-hybridized carbons (Fsp3) is 0.0244. The molecule has 344 valence electrons. The third-order valence-electron chi connectivity index (χ3n) is 10.1. The molecule has 0 fully saturated rings. The van der Waals surface area contributed by atoms with Crippen molar-refractivity contribution in [3.05, 3.63) is 183 Å². The van der Waals surface area contributed by atoms with E-state index in [1.165, 1.54) is 16.7 Å². The van der Waals surface area contributed by atoms with Gasteiger partial charge in [-0.3, -0.25) is 4.79 Å². The van der Waals surface area contributed by atoms with Crippen LogP contribution in [0.15, 0.2) is 60.7 Å². The Labute approximate surface area is 352 Å². The first-order valence-electron chi connectivity index (χ1n) is 17.5. The maximum absolute atomic E-state index is 15.4. The minimum Gasteiger partial charge on any atom is -0.508 e. The van der Waals surface area contributed by atoms with E-state index in [9.17, 15) is 67.7 Å². The highest BCUT2D eigenvalue weighted by molar-refractivity contribution is 7.20. The molecule has 0 radical (unpaired) electrons. The second-order valence-corrected chi connectivity index (χ2v) is 13.6. The Morgan fingerprint density at radius 1 is 0.394 bits per heavy atom. The predicted molar refractivity (Wildman–Crippen MR) is 187 cm³/mol. The second-order valence-electron chi connectivity index (χ2n) is 13.6. The molecule has 0 atom stereocenters. The molecule has 6 aromatic carbocycles. The summed E-state index contributed by atoms with van der Waals surface area (Å²) in [5.41, 5.74) is -13.0. The van der Waals surface area contributed by atoms with Crippen LogP contribution in [0.5, 0.6) is 11.6 Å². The molecule has 2 N–H and O–H groups in total. The summed E-state index contributed by atoms with van der Waals surface area (Å²) in [5.74, 6) is -71.3. The molecule has 0 aliphatic carbocycles. The SMILES string of the molecule is Fc1c(F)c(F)c([B-](c2c(F)c(F)c(F)c(F)c2F)(c2c(F)c(F)c(F)c(F)c2F)c2c(F)c(F)c(F)c(F)c2F)c(F)c1F.O=C(C[n+]1c(O)ccc2cc(O)ccc21)c1ccccc1. The lowest BCUT2D eigenvalue weighted by atomic mass is 9.12. The number of hydrogen-bond acceptors (Lipinski definition) is 3. The van der Waals surface area contributed by atoms with Gasteiger partial charge in [-0.05, 0) is 18.2 Å². The maximum atomic E-state index is 15.4. The molecular weight excluding hydrogens is 945 g/mol. The van der Waals surface area contributed by atoms with Crippen LogP contribution < -0.4 is 26.4 Å². The zero-order chi connectivity index (χ0) is 49.2. The number of benzene rings is 6.